The van der Waals surface area contributed by atoms with Gasteiger partial charge in [0.25, 0.3) is 0 Å². The Kier molecular flexibility index (Phi) is 4.51. The molecule has 1 aromatic carbocycles. The van der Waals surface area contributed by atoms with Gasteiger partial charge in [-0.15, -0.1) is 0 Å². The van der Waals surface area contributed by atoms with Crippen molar-refractivity contribution in [3.8, 4) is 5.75 Å². The normalized spacial score (nSPS) is 25.3. The predicted octanol–water partition coefficient (Wildman–Crippen LogP) is 3.45. The first-order chi connectivity index (χ1) is 10.2. The summed E-state index contributed by atoms with van der Waals surface area (Å²) in [4.78, 5) is 0. The number of ether oxygens (including phenoxy) is 2. The SMILES string of the molecule is Cc1ccc(OCC(C)NC2CCOC3(CCC3)C2)cc1. The number of aryl methyl sites for hydroxylation is 1. The van der Waals surface area contributed by atoms with Gasteiger partial charge in [0.05, 0.1) is 5.60 Å². The maximum absolute atomic E-state index is 5.98. The summed E-state index contributed by atoms with van der Waals surface area (Å²) < 4.78 is 11.8. The lowest BCUT2D eigenvalue weighted by Crippen LogP contribution is -2.53. The Hall–Kier alpha value is -1.06. The molecule has 3 rings (SSSR count). The third kappa shape index (κ3) is 3.78. The average Bonchev–Trinajstić information content (AvgIpc) is 2.45. The van der Waals surface area contributed by atoms with Gasteiger partial charge >= 0.3 is 0 Å². The van der Waals surface area contributed by atoms with Crippen LogP contribution in [0.3, 0.4) is 0 Å². The number of nitrogens with one attached hydrogen (secondary N) is 1. The first-order valence-corrected chi connectivity index (χ1v) is 8.25. The molecule has 0 radical (unpaired) electrons. The minimum absolute atomic E-state index is 0.216. The standard InChI is InChI=1S/C18H27NO2/c1-14-4-6-17(7-5-14)20-13-15(2)19-16-8-11-21-18(12-16)9-3-10-18/h4-7,15-16,19H,3,8-13H2,1-2H3. The molecule has 3 heteroatoms. The van der Waals surface area contributed by atoms with E-state index in [0.29, 0.717) is 18.7 Å². The van der Waals surface area contributed by atoms with Crippen LogP contribution in [-0.4, -0.2) is 30.9 Å². The van der Waals surface area contributed by atoms with Crippen molar-refractivity contribution in [3.05, 3.63) is 29.8 Å². The van der Waals surface area contributed by atoms with Crippen molar-refractivity contribution in [1.82, 2.24) is 5.32 Å². The van der Waals surface area contributed by atoms with Gasteiger partial charge in [-0.1, -0.05) is 17.7 Å². The van der Waals surface area contributed by atoms with Crippen LogP contribution in [0.1, 0.15) is 44.6 Å². The van der Waals surface area contributed by atoms with Crippen molar-refractivity contribution >= 4 is 0 Å². The summed E-state index contributed by atoms with van der Waals surface area (Å²) in [6, 6.07) is 9.21. The van der Waals surface area contributed by atoms with Crippen LogP contribution in [0.15, 0.2) is 24.3 Å². The van der Waals surface area contributed by atoms with Gasteiger partial charge in [0.15, 0.2) is 0 Å². The van der Waals surface area contributed by atoms with Crippen molar-refractivity contribution in [2.45, 2.75) is 63.6 Å². The highest BCUT2D eigenvalue weighted by atomic mass is 16.5. The molecule has 2 fully saturated rings. The van der Waals surface area contributed by atoms with E-state index in [1.54, 1.807) is 0 Å². The molecule has 1 spiro atoms. The predicted molar refractivity (Wildman–Crippen MR) is 84.8 cm³/mol. The zero-order chi connectivity index (χ0) is 14.7. The van der Waals surface area contributed by atoms with Gasteiger partial charge in [-0.2, -0.15) is 0 Å². The van der Waals surface area contributed by atoms with Gasteiger partial charge in [0.2, 0.25) is 0 Å². The number of hydrogen-bond donors (Lipinski definition) is 1. The van der Waals surface area contributed by atoms with Crippen LogP contribution in [-0.2, 0) is 4.74 Å². The van der Waals surface area contributed by atoms with E-state index in [1.165, 1.54) is 31.2 Å². The molecule has 0 amide bonds. The second-order valence-electron chi connectivity index (χ2n) is 6.77. The van der Waals surface area contributed by atoms with Gasteiger partial charge in [-0.05, 0) is 58.1 Å². The molecule has 3 nitrogen and oxygen atoms in total. The van der Waals surface area contributed by atoms with Gasteiger partial charge < -0.3 is 14.8 Å². The van der Waals surface area contributed by atoms with Gasteiger partial charge in [-0.3, -0.25) is 0 Å². The molecular formula is C18H27NO2. The molecule has 21 heavy (non-hydrogen) atoms. The van der Waals surface area contributed by atoms with E-state index < -0.39 is 0 Å². The smallest absolute Gasteiger partial charge is 0.119 e. The van der Waals surface area contributed by atoms with E-state index in [1.807, 2.05) is 12.1 Å². The summed E-state index contributed by atoms with van der Waals surface area (Å²) in [6.45, 7) is 5.92. The van der Waals surface area contributed by atoms with Crippen molar-refractivity contribution in [2.75, 3.05) is 13.2 Å². The number of benzene rings is 1. The summed E-state index contributed by atoms with van der Waals surface area (Å²) in [6.07, 6.45) is 6.12. The van der Waals surface area contributed by atoms with Gasteiger partial charge in [-0.25, -0.2) is 0 Å². The minimum atomic E-state index is 0.216. The fourth-order valence-electron chi connectivity index (χ4n) is 3.40. The van der Waals surface area contributed by atoms with Crippen LogP contribution in [0.5, 0.6) is 5.75 Å². The Labute approximate surface area is 128 Å². The van der Waals surface area contributed by atoms with Crippen molar-refractivity contribution < 1.29 is 9.47 Å². The Morgan fingerprint density at radius 3 is 2.76 bits per heavy atom. The Bertz CT molecular complexity index is 453. The molecular weight excluding hydrogens is 262 g/mol. The molecule has 1 saturated carbocycles. The lowest BCUT2D eigenvalue weighted by Gasteiger charge is -2.47. The van der Waals surface area contributed by atoms with Gasteiger partial charge in [0, 0.05) is 18.7 Å². The van der Waals surface area contributed by atoms with E-state index in [2.05, 4.69) is 31.3 Å². The molecule has 0 aromatic heterocycles. The van der Waals surface area contributed by atoms with Crippen LogP contribution in [0.4, 0.5) is 0 Å². The molecule has 1 aliphatic carbocycles. The molecule has 1 heterocycles. The highest BCUT2D eigenvalue weighted by molar-refractivity contribution is 5.26. The third-order valence-corrected chi connectivity index (χ3v) is 4.80. The van der Waals surface area contributed by atoms with Gasteiger partial charge in [0.1, 0.15) is 12.4 Å². The van der Waals surface area contributed by atoms with Crippen molar-refractivity contribution in [2.24, 2.45) is 0 Å². The van der Waals surface area contributed by atoms with E-state index >= 15 is 0 Å². The number of rotatable bonds is 5. The zero-order valence-corrected chi connectivity index (χ0v) is 13.2. The maximum atomic E-state index is 5.98. The first-order valence-electron chi connectivity index (χ1n) is 8.25. The summed E-state index contributed by atoms with van der Waals surface area (Å²) >= 11 is 0. The Morgan fingerprint density at radius 2 is 2.10 bits per heavy atom. The van der Waals surface area contributed by atoms with E-state index in [0.717, 1.165) is 18.8 Å². The van der Waals surface area contributed by atoms with E-state index in [4.69, 9.17) is 9.47 Å². The number of hydrogen-bond acceptors (Lipinski definition) is 3. The molecule has 2 unspecified atom stereocenters. The monoisotopic (exact) mass is 289 g/mol. The van der Waals surface area contributed by atoms with E-state index in [9.17, 15) is 0 Å². The highest BCUT2D eigenvalue weighted by Gasteiger charge is 2.42. The maximum Gasteiger partial charge on any atom is 0.119 e. The molecule has 2 atom stereocenters. The van der Waals surface area contributed by atoms with Crippen LogP contribution < -0.4 is 10.1 Å². The average molecular weight is 289 g/mol. The molecule has 1 aliphatic heterocycles. The lowest BCUT2D eigenvalue weighted by atomic mass is 9.74. The molecule has 116 valence electrons. The van der Waals surface area contributed by atoms with Crippen LogP contribution >= 0.6 is 0 Å². The Morgan fingerprint density at radius 1 is 1.33 bits per heavy atom. The van der Waals surface area contributed by atoms with Crippen molar-refractivity contribution in [1.29, 1.82) is 0 Å². The molecule has 1 N–H and O–H groups in total. The Balaban J connectivity index is 1.43. The zero-order valence-electron chi connectivity index (χ0n) is 13.2. The van der Waals surface area contributed by atoms with Crippen LogP contribution in [0.25, 0.3) is 0 Å². The molecule has 1 saturated heterocycles. The summed E-state index contributed by atoms with van der Waals surface area (Å²) in [5.41, 5.74) is 1.48. The quantitative estimate of drug-likeness (QED) is 0.900. The van der Waals surface area contributed by atoms with Crippen LogP contribution in [0, 0.1) is 6.92 Å². The van der Waals surface area contributed by atoms with E-state index in [-0.39, 0.29) is 5.60 Å². The minimum Gasteiger partial charge on any atom is -0.492 e. The first kappa shape index (κ1) is 14.9. The summed E-state index contributed by atoms with van der Waals surface area (Å²) in [5, 5.41) is 3.72. The summed E-state index contributed by atoms with van der Waals surface area (Å²) in [7, 11) is 0. The molecule has 2 aliphatic rings. The summed E-state index contributed by atoms with van der Waals surface area (Å²) in [5.74, 6) is 0.955. The highest BCUT2D eigenvalue weighted by Crippen LogP contribution is 2.42. The second-order valence-corrected chi connectivity index (χ2v) is 6.77. The van der Waals surface area contributed by atoms with Crippen LogP contribution in [0.2, 0.25) is 0 Å². The largest absolute Gasteiger partial charge is 0.492 e. The second kappa shape index (κ2) is 6.37. The third-order valence-electron chi connectivity index (χ3n) is 4.80. The van der Waals surface area contributed by atoms with Crippen molar-refractivity contribution in [3.63, 3.8) is 0 Å². The molecule has 0 bridgehead atoms. The fraction of sp³-hybridized carbons (Fsp3) is 0.667. The lowest BCUT2D eigenvalue weighted by molar-refractivity contribution is -0.136. The molecule has 1 aromatic rings. The fourth-order valence-corrected chi connectivity index (χ4v) is 3.40. The topological polar surface area (TPSA) is 30.5 Å².